The third-order valence-corrected chi connectivity index (χ3v) is 4.05. The first-order chi connectivity index (χ1) is 10.1. The maximum Gasteiger partial charge on any atom is 0.133 e. The Kier molecular flexibility index (Phi) is 6.22. The van der Waals surface area contributed by atoms with Crippen LogP contribution in [0.3, 0.4) is 0 Å². The lowest BCUT2D eigenvalue weighted by molar-refractivity contribution is 0.315. The Hall–Kier alpha value is -0.900. The van der Waals surface area contributed by atoms with Crippen molar-refractivity contribution in [1.29, 1.82) is 0 Å². The van der Waals surface area contributed by atoms with Crippen molar-refractivity contribution < 1.29 is 4.74 Å². The molecular weight excluding hydrogens is 373 g/mol. The van der Waals surface area contributed by atoms with Crippen molar-refractivity contribution >= 4 is 44.8 Å². The molecule has 1 N–H and O–H groups in total. The zero-order valence-electron chi connectivity index (χ0n) is 11.6. The summed E-state index contributed by atoms with van der Waals surface area (Å²) in [4.78, 5) is 0. The van der Waals surface area contributed by atoms with Crippen LogP contribution in [0.4, 0.5) is 5.69 Å². The normalized spacial score (nSPS) is 10.5. The van der Waals surface area contributed by atoms with Gasteiger partial charge in [0.15, 0.2) is 0 Å². The predicted octanol–water partition coefficient (Wildman–Crippen LogP) is 6.16. The van der Waals surface area contributed by atoms with Crippen LogP contribution in [0, 0.1) is 0 Å². The summed E-state index contributed by atoms with van der Waals surface area (Å²) < 4.78 is 6.58. The number of rotatable bonds is 6. The van der Waals surface area contributed by atoms with Gasteiger partial charge in [0.25, 0.3) is 0 Å². The second kappa shape index (κ2) is 7.92. The summed E-state index contributed by atoms with van der Waals surface area (Å²) in [6, 6.07) is 11.4. The van der Waals surface area contributed by atoms with E-state index in [2.05, 4.69) is 28.2 Å². The lowest BCUT2D eigenvalue weighted by Gasteiger charge is -2.11. The van der Waals surface area contributed by atoms with Gasteiger partial charge in [-0.25, -0.2) is 0 Å². The molecule has 0 amide bonds. The maximum absolute atomic E-state index is 6.13. The van der Waals surface area contributed by atoms with Gasteiger partial charge in [0.2, 0.25) is 0 Å². The molecule has 2 aromatic carbocycles. The molecular formula is C16H16BrCl2NO. The fourth-order valence-corrected chi connectivity index (χ4v) is 2.71. The maximum atomic E-state index is 6.13. The Morgan fingerprint density at radius 3 is 2.67 bits per heavy atom. The van der Waals surface area contributed by atoms with Crippen LogP contribution in [0.25, 0.3) is 0 Å². The Labute approximate surface area is 143 Å². The Morgan fingerprint density at radius 2 is 1.95 bits per heavy atom. The van der Waals surface area contributed by atoms with Gasteiger partial charge < -0.3 is 10.1 Å². The van der Waals surface area contributed by atoms with Crippen molar-refractivity contribution in [3.05, 3.63) is 56.5 Å². The van der Waals surface area contributed by atoms with Gasteiger partial charge in [-0.15, -0.1) is 0 Å². The number of ether oxygens (including phenoxy) is 1. The monoisotopic (exact) mass is 387 g/mol. The molecule has 0 saturated heterocycles. The average Bonchev–Trinajstić information content (AvgIpc) is 2.47. The fraction of sp³-hybridized carbons (Fsp3) is 0.250. The van der Waals surface area contributed by atoms with E-state index < -0.39 is 0 Å². The highest BCUT2D eigenvalue weighted by atomic mass is 79.9. The quantitative estimate of drug-likeness (QED) is 0.639. The average molecular weight is 389 g/mol. The van der Waals surface area contributed by atoms with Crippen molar-refractivity contribution in [2.45, 2.75) is 19.9 Å². The minimum atomic E-state index is 0.654. The molecule has 0 aliphatic rings. The van der Waals surface area contributed by atoms with Crippen molar-refractivity contribution in [1.82, 2.24) is 0 Å². The summed E-state index contributed by atoms with van der Waals surface area (Å²) in [6.45, 7) is 3.46. The molecule has 0 aromatic heterocycles. The molecule has 112 valence electrons. The molecule has 0 atom stereocenters. The van der Waals surface area contributed by atoms with Gasteiger partial charge in [-0.05, 0) is 58.2 Å². The molecule has 0 unspecified atom stereocenters. The van der Waals surface area contributed by atoms with E-state index in [9.17, 15) is 0 Å². The summed E-state index contributed by atoms with van der Waals surface area (Å²) >= 11 is 15.6. The number of anilines is 1. The van der Waals surface area contributed by atoms with Crippen LogP contribution < -0.4 is 10.1 Å². The minimum Gasteiger partial charge on any atom is -0.492 e. The highest BCUT2D eigenvalue weighted by molar-refractivity contribution is 9.10. The van der Waals surface area contributed by atoms with E-state index in [0.717, 1.165) is 27.9 Å². The third kappa shape index (κ3) is 4.80. The van der Waals surface area contributed by atoms with E-state index in [-0.39, 0.29) is 0 Å². The lowest BCUT2D eigenvalue weighted by atomic mass is 10.2. The van der Waals surface area contributed by atoms with Crippen LogP contribution in [0.15, 0.2) is 40.9 Å². The molecule has 2 aromatic rings. The Bertz CT molecular complexity index is 619. The summed E-state index contributed by atoms with van der Waals surface area (Å²) in [5.74, 6) is 0.862. The van der Waals surface area contributed by atoms with Gasteiger partial charge in [-0.1, -0.05) is 36.2 Å². The number of hydrogen-bond acceptors (Lipinski definition) is 2. The highest BCUT2D eigenvalue weighted by Gasteiger charge is 2.04. The first-order valence-corrected chi connectivity index (χ1v) is 8.25. The molecule has 5 heteroatoms. The second-order valence-electron chi connectivity index (χ2n) is 4.59. The molecule has 0 radical (unpaired) electrons. The van der Waals surface area contributed by atoms with Crippen LogP contribution in [0.5, 0.6) is 5.75 Å². The van der Waals surface area contributed by atoms with Crippen LogP contribution in [-0.4, -0.2) is 6.61 Å². The molecule has 0 heterocycles. The summed E-state index contributed by atoms with van der Waals surface area (Å²) in [5, 5.41) is 4.59. The van der Waals surface area contributed by atoms with Crippen molar-refractivity contribution in [3.8, 4) is 5.75 Å². The molecule has 0 aliphatic carbocycles. The SMILES string of the molecule is CCCOc1ccc(CNc2cc(Cl)ccc2Cl)cc1Br. The van der Waals surface area contributed by atoms with E-state index in [1.54, 1.807) is 12.1 Å². The Balaban J connectivity index is 2.03. The topological polar surface area (TPSA) is 21.3 Å². The molecule has 0 bridgehead atoms. The van der Waals surface area contributed by atoms with E-state index in [0.29, 0.717) is 23.2 Å². The van der Waals surface area contributed by atoms with E-state index in [1.807, 2.05) is 24.3 Å². The van der Waals surface area contributed by atoms with E-state index in [1.165, 1.54) is 0 Å². The number of hydrogen-bond donors (Lipinski definition) is 1. The molecule has 21 heavy (non-hydrogen) atoms. The van der Waals surface area contributed by atoms with E-state index in [4.69, 9.17) is 27.9 Å². The molecule has 0 spiro atoms. The summed E-state index contributed by atoms with van der Waals surface area (Å²) in [7, 11) is 0. The molecule has 2 rings (SSSR count). The largest absolute Gasteiger partial charge is 0.492 e. The fourth-order valence-electron chi connectivity index (χ4n) is 1.81. The van der Waals surface area contributed by atoms with Gasteiger partial charge in [-0.3, -0.25) is 0 Å². The standard InChI is InChI=1S/C16H16BrCl2NO/c1-2-7-21-16-6-3-11(8-13(16)17)10-20-15-9-12(18)4-5-14(15)19/h3-6,8-9,20H,2,7,10H2,1H3. The smallest absolute Gasteiger partial charge is 0.133 e. The van der Waals surface area contributed by atoms with Crippen LogP contribution in [0.2, 0.25) is 10.0 Å². The van der Waals surface area contributed by atoms with Gasteiger partial charge >= 0.3 is 0 Å². The van der Waals surface area contributed by atoms with Crippen molar-refractivity contribution in [2.75, 3.05) is 11.9 Å². The zero-order valence-corrected chi connectivity index (χ0v) is 14.7. The summed E-state index contributed by atoms with van der Waals surface area (Å²) in [5.41, 5.74) is 1.95. The number of nitrogens with one attached hydrogen (secondary N) is 1. The van der Waals surface area contributed by atoms with Gasteiger partial charge in [-0.2, -0.15) is 0 Å². The molecule has 0 fully saturated rings. The van der Waals surface area contributed by atoms with Crippen molar-refractivity contribution in [3.63, 3.8) is 0 Å². The number of benzene rings is 2. The van der Waals surface area contributed by atoms with Gasteiger partial charge in [0.1, 0.15) is 5.75 Å². The van der Waals surface area contributed by atoms with Crippen LogP contribution >= 0.6 is 39.1 Å². The lowest BCUT2D eigenvalue weighted by Crippen LogP contribution is -2.01. The molecule has 0 saturated carbocycles. The summed E-state index contributed by atoms with van der Waals surface area (Å²) in [6.07, 6.45) is 0.989. The predicted molar refractivity (Wildman–Crippen MR) is 93.7 cm³/mol. The third-order valence-electron chi connectivity index (χ3n) is 2.87. The second-order valence-corrected chi connectivity index (χ2v) is 6.29. The van der Waals surface area contributed by atoms with Crippen molar-refractivity contribution in [2.24, 2.45) is 0 Å². The first kappa shape index (κ1) is 16.5. The van der Waals surface area contributed by atoms with E-state index >= 15 is 0 Å². The molecule has 2 nitrogen and oxygen atoms in total. The minimum absolute atomic E-state index is 0.654. The van der Waals surface area contributed by atoms with Gasteiger partial charge in [0.05, 0.1) is 21.8 Å². The van der Waals surface area contributed by atoms with Gasteiger partial charge in [0, 0.05) is 11.6 Å². The van der Waals surface area contributed by atoms with Crippen LogP contribution in [-0.2, 0) is 6.54 Å². The zero-order chi connectivity index (χ0) is 15.2. The number of halogens is 3. The highest BCUT2D eigenvalue weighted by Crippen LogP contribution is 2.28. The first-order valence-electron chi connectivity index (χ1n) is 6.70. The Morgan fingerprint density at radius 1 is 1.14 bits per heavy atom. The molecule has 0 aliphatic heterocycles. The van der Waals surface area contributed by atoms with Crippen LogP contribution in [0.1, 0.15) is 18.9 Å².